The van der Waals surface area contributed by atoms with Crippen molar-refractivity contribution in [1.29, 1.82) is 0 Å². The van der Waals surface area contributed by atoms with Gasteiger partial charge in [0.05, 0.1) is 31.7 Å². The first kappa shape index (κ1) is 28.2. The van der Waals surface area contributed by atoms with Crippen molar-refractivity contribution in [2.24, 2.45) is 16.5 Å². The minimum absolute atomic E-state index is 0.0525. The van der Waals surface area contributed by atoms with Crippen LogP contribution >= 0.6 is 0 Å². The Morgan fingerprint density at radius 3 is 2.33 bits per heavy atom. The van der Waals surface area contributed by atoms with Gasteiger partial charge in [0.2, 0.25) is 29.5 Å². The molecule has 0 spiro atoms. The molecule has 17 nitrogen and oxygen atoms in total. The number of carbonyl (C=O) groups is 6. The second-order valence-corrected chi connectivity index (χ2v) is 8.20. The first-order valence-electron chi connectivity index (χ1n) is 11.0. The van der Waals surface area contributed by atoms with Crippen LogP contribution in [0.25, 0.3) is 0 Å². The maximum Gasteiger partial charge on any atom is 0.305 e. The molecule has 200 valence electrons. The molecule has 0 aromatic heterocycles. The summed E-state index contributed by atoms with van der Waals surface area (Å²) < 4.78 is 0. The van der Waals surface area contributed by atoms with E-state index in [0.717, 1.165) is 4.90 Å². The number of carboxylic acid groups (broad SMARTS) is 1. The average Bonchev–Trinajstić information content (AvgIpc) is 2.81. The molecule has 0 aromatic rings. The lowest BCUT2D eigenvalue weighted by molar-refractivity contribution is -0.164. The summed E-state index contributed by atoms with van der Waals surface area (Å²) in [5.74, 6) is -5.88. The van der Waals surface area contributed by atoms with E-state index in [1.165, 1.54) is 0 Å². The number of aliphatic imine (C=N–C) groups is 1. The van der Waals surface area contributed by atoms with Crippen LogP contribution in [0.3, 0.4) is 0 Å². The van der Waals surface area contributed by atoms with Crippen LogP contribution in [-0.4, -0.2) is 118 Å². The minimum atomic E-state index is -1.61. The van der Waals surface area contributed by atoms with Crippen molar-refractivity contribution in [3.8, 4) is 0 Å². The zero-order valence-corrected chi connectivity index (χ0v) is 19.2. The van der Waals surface area contributed by atoms with E-state index in [-0.39, 0.29) is 25.3 Å². The molecule has 0 saturated carbocycles. The number of guanidine groups is 1. The summed E-state index contributed by atoms with van der Waals surface area (Å²) >= 11 is 0. The number of β-lactam (4-membered cyclic amide) rings is 1. The van der Waals surface area contributed by atoms with Crippen LogP contribution in [0.1, 0.15) is 19.3 Å². The van der Waals surface area contributed by atoms with Gasteiger partial charge in [0.25, 0.3) is 0 Å². The molecule has 17 heteroatoms. The lowest BCUT2D eigenvalue weighted by Gasteiger charge is -2.48. The van der Waals surface area contributed by atoms with Crippen LogP contribution in [0.15, 0.2) is 4.99 Å². The fourth-order valence-electron chi connectivity index (χ4n) is 3.78. The molecule has 3 heterocycles. The molecule has 2 bridgehead atoms. The third kappa shape index (κ3) is 7.51. The van der Waals surface area contributed by atoms with Gasteiger partial charge in [-0.1, -0.05) is 0 Å². The van der Waals surface area contributed by atoms with E-state index in [1.54, 1.807) is 0 Å². The molecular weight excluding hydrogens is 484 g/mol. The van der Waals surface area contributed by atoms with Gasteiger partial charge in [0.15, 0.2) is 5.96 Å². The summed E-state index contributed by atoms with van der Waals surface area (Å²) in [6, 6.07) is -5.38. The number of aliphatic hydroxyl groups is 2. The van der Waals surface area contributed by atoms with E-state index in [1.807, 2.05) is 0 Å². The van der Waals surface area contributed by atoms with Crippen molar-refractivity contribution in [3.05, 3.63) is 0 Å². The van der Waals surface area contributed by atoms with Gasteiger partial charge in [0.1, 0.15) is 24.7 Å². The number of carboxylic acids is 1. The van der Waals surface area contributed by atoms with E-state index in [2.05, 4.69) is 26.3 Å². The minimum Gasteiger partial charge on any atom is -0.481 e. The second kappa shape index (κ2) is 12.6. The van der Waals surface area contributed by atoms with Gasteiger partial charge in [-0.05, 0) is 12.8 Å². The third-order valence-corrected chi connectivity index (χ3v) is 5.49. The van der Waals surface area contributed by atoms with Crippen LogP contribution in [-0.2, 0) is 28.8 Å². The van der Waals surface area contributed by atoms with Crippen molar-refractivity contribution in [2.75, 3.05) is 26.2 Å². The second-order valence-electron chi connectivity index (χ2n) is 8.20. The number of aliphatic hydroxyl groups excluding tert-OH is 2. The largest absolute Gasteiger partial charge is 0.481 e. The molecule has 3 fully saturated rings. The van der Waals surface area contributed by atoms with Gasteiger partial charge >= 0.3 is 5.97 Å². The maximum atomic E-state index is 12.7. The van der Waals surface area contributed by atoms with E-state index in [4.69, 9.17) is 16.6 Å². The number of hydrogen-bond donors (Lipinski definition) is 9. The number of nitrogens with two attached hydrogens (primary N) is 2. The van der Waals surface area contributed by atoms with Crippen molar-refractivity contribution in [3.63, 3.8) is 0 Å². The fourth-order valence-corrected chi connectivity index (χ4v) is 3.78. The Labute approximate surface area is 204 Å². The molecule has 5 atom stereocenters. The van der Waals surface area contributed by atoms with Crippen LogP contribution in [0, 0.1) is 0 Å². The third-order valence-electron chi connectivity index (χ3n) is 5.49. The van der Waals surface area contributed by atoms with Crippen LogP contribution in [0.4, 0.5) is 0 Å². The highest BCUT2D eigenvalue weighted by Crippen LogP contribution is 2.23. The Balaban J connectivity index is 2.30. The predicted octanol–water partition coefficient (Wildman–Crippen LogP) is -6.34. The molecule has 0 aliphatic carbocycles. The highest BCUT2D eigenvalue weighted by atomic mass is 16.4. The number of hydrogen-bond acceptors (Lipinski definition) is 9. The first-order chi connectivity index (χ1) is 16.9. The van der Waals surface area contributed by atoms with Crippen molar-refractivity contribution >= 4 is 41.5 Å². The molecule has 3 saturated heterocycles. The molecular formula is C19H30N8O9. The Morgan fingerprint density at radius 2 is 1.72 bits per heavy atom. The molecule has 3 aliphatic heterocycles. The molecule has 3 rings (SSSR count). The van der Waals surface area contributed by atoms with Gasteiger partial charge in [-0.25, -0.2) is 0 Å². The molecule has 0 radical (unpaired) electrons. The van der Waals surface area contributed by atoms with Gasteiger partial charge in [-0.2, -0.15) is 0 Å². The predicted molar refractivity (Wildman–Crippen MR) is 120 cm³/mol. The van der Waals surface area contributed by atoms with Gasteiger partial charge in [-0.3, -0.25) is 33.8 Å². The van der Waals surface area contributed by atoms with Crippen molar-refractivity contribution in [2.45, 2.75) is 49.5 Å². The summed E-state index contributed by atoms with van der Waals surface area (Å²) in [6.07, 6.45) is -2.08. The van der Waals surface area contributed by atoms with E-state index in [9.17, 15) is 39.0 Å². The number of carbonyl (C=O) groups excluding carboxylic acids is 5. The summed E-state index contributed by atoms with van der Waals surface area (Å²) in [6.45, 7) is -1.92. The van der Waals surface area contributed by atoms with E-state index in [0.29, 0.717) is 0 Å². The lowest BCUT2D eigenvalue weighted by atomic mass is 9.89. The highest BCUT2D eigenvalue weighted by Gasteiger charge is 2.52. The van der Waals surface area contributed by atoms with Crippen LogP contribution in [0.2, 0.25) is 0 Å². The summed E-state index contributed by atoms with van der Waals surface area (Å²) in [7, 11) is 0. The molecule has 3 aliphatic rings. The SMILES string of the molecule is NC(N)=NCCCC1NC(=O)CN2C(=O)C(NC(=O)C(CC(=O)O)NC(=O)CNC1=O)C2C(O)CO. The molecule has 5 unspecified atom stereocenters. The standard InChI is InChI=1S/C19H30N8O9/c20-19(21)22-3-1-2-8-16(34)23-5-11(30)25-9(4-13(32)33)17(35)26-14-15(10(29)7-28)27(18(14)36)6-12(31)24-8/h8-10,14-15,28-29H,1-7H2,(H,23,34)(H,24,31)(H,25,30)(H,26,35)(H,32,33)(H4,20,21,22). The Hall–Kier alpha value is -3.99. The molecule has 11 N–H and O–H groups in total. The number of nitrogens with zero attached hydrogens (tertiary/aromatic N) is 2. The summed E-state index contributed by atoms with van der Waals surface area (Å²) in [5.41, 5.74) is 10.5. The monoisotopic (exact) mass is 514 g/mol. The Morgan fingerprint density at radius 1 is 1.06 bits per heavy atom. The Kier molecular flexibility index (Phi) is 9.92. The number of aliphatic carboxylic acids is 1. The van der Waals surface area contributed by atoms with Gasteiger partial charge in [0, 0.05) is 6.54 Å². The molecule has 0 aromatic carbocycles. The highest BCUT2D eigenvalue weighted by molar-refractivity contribution is 6.00. The van der Waals surface area contributed by atoms with Gasteiger partial charge in [-0.15, -0.1) is 0 Å². The fraction of sp³-hybridized carbons (Fsp3) is 0.632. The van der Waals surface area contributed by atoms with Crippen molar-refractivity contribution < 1.29 is 44.1 Å². The quantitative estimate of drug-likeness (QED) is 0.0482. The zero-order chi connectivity index (χ0) is 27.0. The number of nitrogens with one attached hydrogen (secondary N) is 4. The zero-order valence-electron chi connectivity index (χ0n) is 19.2. The maximum absolute atomic E-state index is 12.7. The van der Waals surface area contributed by atoms with Crippen LogP contribution < -0.4 is 32.7 Å². The Bertz CT molecular complexity index is 923. The number of rotatable bonds is 8. The number of fused-ring (bicyclic) bond motifs is 11. The van der Waals surface area contributed by atoms with E-state index >= 15 is 0 Å². The number of amides is 5. The smallest absolute Gasteiger partial charge is 0.305 e. The normalized spacial score (nSPS) is 26.2. The summed E-state index contributed by atoms with van der Waals surface area (Å²) in [4.78, 5) is 78.8. The lowest BCUT2D eigenvalue weighted by Crippen LogP contribution is -2.76. The van der Waals surface area contributed by atoms with E-state index < -0.39 is 91.9 Å². The molecule has 5 amide bonds. The van der Waals surface area contributed by atoms with Crippen LogP contribution in [0.5, 0.6) is 0 Å². The van der Waals surface area contributed by atoms with Crippen molar-refractivity contribution in [1.82, 2.24) is 26.2 Å². The summed E-state index contributed by atoms with van der Waals surface area (Å²) in [5, 5.41) is 37.8. The van der Waals surface area contributed by atoms with Gasteiger partial charge < -0.3 is 53.0 Å². The molecule has 36 heavy (non-hydrogen) atoms. The topological polar surface area (TPSA) is 279 Å². The first-order valence-corrected chi connectivity index (χ1v) is 11.0. The average molecular weight is 514 g/mol.